The van der Waals surface area contributed by atoms with Crippen LogP contribution in [0.1, 0.15) is 34.3 Å². The molecule has 5 nitrogen and oxygen atoms in total. The number of amides is 1. The molecule has 2 rings (SSSR count). The number of carboxylic acid groups (broad SMARTS) is 1. The van der Waals surface area contributed by atoms with Crippen LogP contribution in [0.15, 0.2) is 24.3 Å². The maximum absolute atomic E-state index is 12.4. The van der Waals surface area contributed by atoms with Crippen LogP contribution in [0, 0.1) is 6.92 Å². The lowest BCUT2D eigenvalue weighted by Crippen LogP contribution is -2.40. The topological polar surface area (TPSA) is 77.8 Å². The number of hydrogen-bond acceptors (Lipinski definition) is 3. The number of likely N-dealkylation sites (tertiary alicyclic amines) is 1. The average Bonchev–Trinajstić information content (AvgIpc) is 2.46. The zero-order valence-corrected chi connectivity index (χ0v) is 12.0. The monoisotopic (exact) mass is 289 g/mol. The second kappa shape index (κ2) is 6.54. The summed E-state index contributed by atoms with van der Waals surface area (Å²) in [5, 5.41) is 18.1. The number of carbonyl (C=O) groups excluding carboxylic acids is 1. The first kappa shape index (κ1) is 15.3. The molecule has 0 bridgehead atoms. The van der Waals surface area contributed by atoms with Gasteiger partial charge < -0.3 is 15.1 Å². The number of carbonyl (C=O) groups is 2. The fraction of sp³-hybridized carbons (Fsp3) is 0.375. The molecule has 1 aliphatic rings. The number of aliphatic hydroxyl groups excluding tert-OH is 1. The molecule has 0 radical (unpaired) electrons. The van der Waals surface area contributed by atoms with Crippen LogP contribution in [0.4, 0.5) is 0 Å². The summed E-state index contributed by atoms with van der Waals surface area (Å²) in [6.45, 7) is 2.98. The minimum Gasteiger partial charge on any atom is -0.478 e. The molecule has 5 heteroatoms. The minimum absolute atomic E-state index is 0.0428. The molecule has 1 saturated heterocycles. The van der Waals surface area contributed by atoms with Gasteiger partial charge in [-0.05, 0) is 49.1 Å². The molecular weight excluding hydrogens is 270 g/mol. The lowest BCUT2D eigenvalue weighted by atomic mass is 10.0. The Morgan fingerprint density at radius 3 is 2.52 bits per heavy atom. The molecule has 0 spiro atoms. The Balaban J connectivity index is 2.12. The van der Waals surface area contributed by atoms with Crippen molar-refractivity contribution in [3.05, 3.63) is 41.0 Å². The Bertz CT molecular complexity index is 572. The maximum atomic E-state index is 12.4. The number of rotatable bonds is 3. The van der Waals surface area contributed by atoms with Crippen molar-refractivity contribution in [1.82, 2.24) is 4.90 Å². The van der Waals surface area contributed by atoms with E-state index in [-0.39, 0.29) is 12.0 Å². The summed E-state index contributed by atoms with van der Waals surface area (Å²) in [5.74, 6) is -1.04. The first-order chi connectivity index (χ1) is 9.97. The first-order valence-electron chi connectivity index (χ1n) is 6.96. The predicted octanol–water partition coefficient (Wildman–Crippen LogP) is 1.69. The van der Waals surface area contributed by atoms with Gasteiger partial charge in [-0.2, -0.15) is 0 Å². The second-order valence-electron chi connectivity index (χ2n) is 5.27. The number of hydrogen-bond donors (Lipinski definition) is 2. The van der Waals surface area contributed by atoms with Crippen molar-refractivity contribution < 1.29 is 19.8 Å². The predicted molar refractivity (Wildman–Crippen MR) is 79.0 cm³/mol. The van der Waals surface area contributed by atoms with E-state index in [1.807, 2.05) is 6.92 Å². The van der Waals surface area contributed by atoms with Gasteiger partial charge >= 0.3 is 5.97 Å². The Kier molecular flexibility index (Phi) is 4.75. The Labute approximate surface area is 123 Å². The third kappa shape index (κ3) is 3.92. The summed E-state index contributed by atoms with van der Waals surface area (Å²) >= 11 is 0. The van der Waals surface area contributed by atoms with E-state index in [0.717, 1.165) is 17.2 Å². The molecule has 112 valence electrons. The normalized spacial score (nSPS) is 16.4. The van der Waals surface area contributed by atoms with Gasteiger partial charge in [-0.25, -0.2) is 4.79 Å². The number of aliphatic carboxylic acids is 1. The van der Waals surface area contributed by atoms with Crippen molar-refractivity contribution in [2.45, 2.75) is 25.9 Å². The largest absolute Gasteiger partial charge is 0.478 e. The SMILES string of the molecule is Cc1cc(C(=O)N2CCC(O)CC2)ccc1/C=C/C(=O)O. The summed E-state index contributed by atoms with van der Waals surface area (Å²) in [4.78, 5) is 24.6. The van der Waals surface area contributed by atoms with E-state index in [1.54, 1.807) is 23.1 Å². The number of carboxylic acids is 1. The lowest BCUT2D eigenvalue weighted by Gasteiger charge is -2.29. The number of aliphatic hydroxyl groups is 1. The van der Waals surface area contributed by atoms with Crippen molar-refractivity contribution in [3.8, 4) is 0 Å². The van der Waals surface area contributed by atoms with E-state index in [9.17, 15) is 14.7 Å². The minimum atomic E-state index is -0.999. The van der Waals surface area contributed by atoms with Gasteiger partial charge in [-0.15, -0.1) is 0 Å². The van der Waals surface area contributed by atoms with Crippen LogP contribution >= 0.6 is 0 Å². The molecule has 1 aromatic carbocycles. The summed E-state index contributed by atoms with van der Waals surface area (Å²) in [5.41, 5.74) is 2.23. The van der Waals surface area contributed by atoms with E-state index in [1.165, 1.54) is 6.08 Å². The van der Waals surface area contributed by atoms with Crippen LogP contribution in [0.2, 0.25) is 0 Å². The molecule has 1 amide bonds. The van der Waals surface area contributed by atoms with Crippen LogP contribution in [-0.4, -0.2) is 46.2 Å². The maximum Gasteiger partial charge on any atom is 0.328 e. The van der Waals surface area contributed by atoms with Crippen molar-refractivity contribution in [3.63, 3.8) is 0 Å². The van der Waals surface area contributed by atoms with E-state index >= 15 is 0 Å². The highest BCUT2D eigenvalue weighted by Gasteiger charge is 2.22. The van der Waals surface area contributed by atoms with Crippen molar-refractivity contribution in [2.24, 2.45) is 0 Å². The summed E-state index contributed by atoms with van der Waals surface area (Å²) in [6, 6.07) is 5.23. The van der Waals surface area contributed by atoms with Crippen molar-refractivity contribution in [1.29, 1.82) is 0 Å². The van der Waals surface area contributed by atoms with E-state index < -0.39 is 5.97 Å². The van der Waals surface area contributed by atoms with Crippen LogP contribution in [0.5, 0.6) is 0 Å². The van der Waals surface area contributed by atoms with Gasteiger partial charge in [0.05, 0.1) is 6.10 Å². The van der Waals surface area contributed by atoms with E-state index in [0.29, 0.717) is 31.5 Å². The second-order valence-corrected chi connectivity index (χ2v) is 5.27. The van der Waals surface area contributed by atoms with E-state index in [2.05, 4.69) is 0 Å². The summed E-state index contributed by atoms with van der Waals surface area (Å²) in [6.07, 6.45) is 3.52. The fourth-order valence-corrected chi connectivity index (χ4v) is 2.41. The van der Waals surface area contributed by atoms with Crippen LogP contribution < -0.4 is 0 Å². The third-order valence-corrected chi connectivity index (χ3v) is 3.67. The van der Waals surface area contributed by atoms with Gasteiger partial charge in [-0.3, -0.25) is 4.79 Å². The number of aryl methyl sites for hydroxylation is 1. The van der Waals surface area contributed by atoms with Gasteiger partial charge in [0.25, 0.3) is 5.91 Å². The van der Waals surface area contributed by atoms with Gasteiger partial charge in [0, 0.05) is 24.7 Å². The number of piperidine rings is 1. The molecule has 0 aliphatic carbocycles. The molecule has 0 saturated carbocycles. The molecule has 0 atom stereocenters. The van der Waals surface area contributed by atoms with Gasteiger partial charge in [0.2, 0.25) is 0 Å². The van der Waals surface area contributed by atoms with E-state index in [4.69, 9.17) is 5.11 Å². The van der Waals surface area contributed by atoms with Gasteiger partial charge in [-0.1, -0.05) is 6.07 Å². The molecule has 0 aromatic heterocycles. The van der Waals surface area contributed by atoms with Crippen LogP contribution in [0.3, 0.4) is 0 Å². The standard InChI is InChI=1S/C16H19NO4/c1-11-10-13(3-2-12(11)4-5-15(19)20)16(21)17-8-6-14(18)7-9-17/h2-5,10,14,18H,6-9H2,1H3,(H,19,20)/b5-4+. The molecule has 0 unspecified atom stereocenters. The highest BCUT2D eigenvalue weighted by Crippen LogP contribution is 2.17. The summed E-state index contributed by atoms with van der Waals surface area (Å²) < 4.78 is 0. The molecular formula is C16H19NO4. The lowest BCUT2D eigenvalue weighted by molar-refractivity contribution is -0.131. The quantitative estimate of drug-likeness (QED) is 0.830. The highest BCUT2D eigenvalue weighted by molar-refractivity contribution is 5.95. The smallest absolute Gasteiger partial charge is 0.328 e. The van der Waals surface area contributed by atoms with Crippen LogP contribution in [-0.2, 0) is 4.79 Å². The third-order valence-electron chi connectivity index (χ3n) is 3.67. The molecule has 1 heterocycles. The molecule has 21 heavy (non-hydrogen) atoms. The van der Waals surface area contributed by atoms with Crippen LogP contribution in [0.25, 0.3) is 6.08 Å². The highest BCUT2D eigenvalue weighted by atomic mass is 16.4. The van der Waals surface area contributed by atoms with Crippen molar-refractivity contribution in [2.75, 3.05) is 13.1 Å². The molecule has 1 aliphatic heterocycles. The zero-order valence-electron chi connectivity index (χ0n) is 12.0. The Hall–Kier alpha value is -2.14. The van der Waals surface area contributed by atoms with Gasteiger partial charge in [0.15, 0.2) is 0 Å². The van der Waals surface area contributed by atoms with Crippen molar-refractivity contribution >= 4 is 18.0 Å². The zero-order chi connectivity index (χ0) is 15.4. The van der Waals surface area contributed by atoms with Gasteiger partial charge in [0.1, 0.15) is 0 Å². The number of benzene rings is 1. The average molecular weight is 289 g/mol. The molecule has 1 fully saturated rings. The molecule has 2 N–H and O–H groups in total. The summed E-state index contributed by atoms with van der Waals surface area (Å²) in [7, 11) is 0. The number of nitrogens with zero attached hydrogens (tertiary/aromatic N) is 1. The fourth-order valence-electron chi connectivity index (χ4n) is 2.41. The molecule has 1 aromatic rings. The Morgan fingerprint density at radius 1 is 1.29 bits per heavy atom. The first-order valence-corrected chi connectivity index (χ1v) is 6.96. The Morgan fingerprint density at radius 2 is 1.95 bits per heavy atom.